The van der Waals surface area contributed by atoms with Gasteiger partial charge in [0.05, 0.1) is 6.10 Å². The van der Waals surface area contributed by atoms with E-state index in [1.54, 1.807) is 0 Å². The van der Waals surface area contributed by atoms with Crippen LogP contribution in [0.5, 0.6) is 0 Å². The largest absolute Gasteiger partial charge is 0.399 e. The molecule has 7 N–H and O–H groups in total. The fourth-order valence-electron chi connectivity index (χ4n) is 9.57. The summed E-state index contributed by atoms with van der Waals surface area (Å²) < 4.78 is 0. The molecule has 204 valence electrons. The zero-order chi connectivity index (χ0) is 26.5. The molecule has 37 heavy (non-hydrogen) atoms. The van der Waals surface area contributed by atoms with E-state index < -0.39 is 0 Å². The Morgan fingerprint density at radius 2 is 1.86 bits per heavy atom. The van der Waals surface area contributed by atoms with Crippen LogP contribution in [0.1, 0.15) is 91.0 Å². The van der Waals surface area contributed by atoms with Crippen LogP contribution in [0.25, 0.3) is 0 Å². The van der Waals surface area contributed by atoms with Crippen LogP contribution in [0.4, 0.5) is 11.4 Å². The Morgan fingerprint density at radius 3 is 2.59 bits per heavy atom. The number of nitrogens with two attached hydrogens (primary N) is 3. The summed E-state index contributed by atoms with van der Waals surface area (Å²) in [7, 11) is 0. The predicted molar refractivity (Wildman–Crippen MR) is 156 cm³/mol. The van der Waals surface area contributed by atoms with Crippen LogP contribution in [0, 0.1) is 40.4 Å². The van der Waals surface area contributed by atoms with Gasteiger partial charge in [0.25, 0.3) is 0 Å². The first-order chi connectivity index (χ1) is 17.5. The van der Waals surface area contributed by atoms with E-state index in [0.29, 0.717) is 29.0 Å². The number of benzene rings is 1. The fraction of sp³-hybridized carbons (Fsp3) is 0.697. The van der Waals surface area contributed by atoms with Crippen molar-refractivity contribution in [2.45, 2.75) is 104 Å². The highest BCUT2D eigenvalue weighted by atomic mass is 16.3. The van der Waals surface area contributed by atoms with Gasteiger partial charge < -0.3 is 22.3 Å². The number of fused-ring (bicyclic) bond motifs is 5. The summed E-state index contributed by atoms with van der Waals surface area (Å²) in [5, 5.41) is 11.3. The normalized spacial score (nSPS) is 39.7. The number of aliphatic hydroxyl groups excluding tert-OH is 1. The van der Waals surface area contributed by atoms with Crippen molar-refractivity contribution in [3.63, 3.8) is 0 Å². The van der Waals surface area contributed by atoms with Crippen LogP contribution in [0.15, 0.2) is 41.5 Å². The third-order valence-corrected chi connectivity index (χ3v) is 11.5. The highest BCUT2D eigenvalue weighted by Gasteiger charge is 2.58. The molecule has 0 aliphatic heterocycles. The first-order valence-corrected chi connectivity index (χ1v) is 15.0. The number of anilines is 2. The quantitative estimate of drug-likeness (QED) is 0.257. The van der Waals surface area contributed by atoms with Gasteiger partial charge in [-0.3, -0.25) is 0 Å². The standard InChI is InChI=1S/C33H51N3O/c1-20(2)6-5-7-29(35)28-14-13-26-24-10-12-27-25(23(24)16-17-32(26,28)3)11-15-31(37)33(27,4)19-21-8-9-22(34)18-30(21)36/h6,8-9,12,18,23-26,28-29,31,37H,5,7,10-11,13-17,19,34-36H2,1-4H3. The van der Waals surface area contributed by atoms with Crippen LogP contribution in [0.2, 0.25) is 0 Å². The minimum atomic E-state index is -0.327. The molecule has 9 atom stereocenters. The van der Waals surface area contributed by atoms with Gasteiger partial charge in [0.15, 0.2) is 0 Å². The van der Waals surface area contributed by atoms with Crippen LogP contribution < -0.4 is 17.2 Å². The van der Waals surface area contributed by atoms with Crippen LogP contribution >= 0.6 is 0 Å². The summed E-state index contributed by atoms with van der Waals surface area (Å²) in [6, 6.07) is 6.18. The summed E-state index contributed by atoms with van der Waals surface area (Å²) in [5.41, 5.74) is 24.8. The molecule has 3 fully saturated rings. The van der Waals surface area contributed by atoms with Crippen molar-refractivity contribution < 1.29 is 5.11 Å². The summed E-state index contributed by atoms with van der Waals surface area (Å²) in [6.45, 7) is 9.25. The third-order valence-electron chi connectivity index (χ3n) is 11.5. The maximum atomic E-state index is 11.3. The molecule has 4 aliphatic rings. The molecule has 4 aliphatic carbocycles. The third kappa shape index (κ3) is 4.67. The van der Waals surface area contributed by atoms with Crippen molar-refractivity contribution in [2.75, 3.05) is 11.5 Å². The summed E-state index contributed by atoms with van der Waals surface area (Å²) >= 11 is 0. The molecular formula is C33H51N3O. The second-order valence-electron chi connectivity index (χ2n) is 13.8. The average Bonchev–Trinajstić information content (AvgIpc) is 3.20. The zero-order valence-electron chi connectivity index (χ0n) is 23.7. The van der Waals surface area contributed by atoms with Gasteiger partial charge in [0.1, 0.15) is 0 Å². The van der Waals surface area contributed by atoms with Gasteiger partial charge in [-0.1, -0.05) is 43.2 Å². The fourth-order valence-corrected chi connectivity index (χ4v) is 9.57. The monoisotopic (exact) mass is 505 g/mol. The molecule has 1 aromatic rings. The topological polar surface area (TPSA) is 98.3 Å². The first kappa shape index (κ1) is 26.8. The lowest BCUT2D eigenvalue weighted by Gasteiger charge is -2.57. The molecular weight excluding hydrogens is 454 g/mol. The molecule has 0 amide bonds. The average molecular weight is 506 g/mol. The van der Waals surface area contributed by atoms with Crippen molar-refractivity contribution in [3.05, 3.63) is 47.1 Å². The summed E-state index contributed by atoms with van der Waals surface area (Å²) in [4.78, 5) is 0. The van der Waals surface area contributed by atoms with E-state index in [1.807, 2.05) is 12.1 Å². The van der Waals surface area contributed by atoms with Gasteiger partial charge in [-0.15, -0.1) is 0 Å². The minimum absolute atomic E-state index is 0.260. The molecule has 4 nitrogen and oxygen atoms in total. The summed E-state index contributed by atoms with van der Waals surface area (Å²) in [5.74, 6) is 3.55. The Bertz CT molecular complexity index is 1060. The molecule has 0 spiro atoms. The van der Waals surface area contributed by atoms with E-state index in [2.05, 4.69) is 45.9 Å². The maximum Gasteiger partial charge on any atom is 0.0634 e. The summed E-state index contributed by atoms with van der Waals surface area (Å²) in [6.07, 6.45) is 16.0. The molecule has 5 rings (SSSR count). The van der Waals surface area contributed by atoms with Gasteiger partial charge in [-0.05, 0) is 131 Å². The Hall–Kier alpha value is -1.78. The molecule has 3 saturated carbocycles. The predicted octanol–water partition coefficient (Wildman–Crippen LogP) is 6.63. The number of allylic oxidation sites excluding steroid dienone is 3. The van der Waals surface area contributed by atoms with Crippen molar-refractivity contribution in [1.29, 1.82) is 0 Å². The van der Waals surface area contributed by atoms with E-state index in [9.17, 15) is 5.11 Å². The molecule has 4 heteroatoms. The van der Waals surface area contributed by atoms with Crippen LogP contribution in [0.3, 0.4) is 0 Å². The van der Waals surface area contributed by atoms with E-state index >= 15 is 0 Å². The van der Waals surface area contributed by atoms with E-state index in [0.717, 1.165) is 67.5 Å². The van der Waals surface area contributed by atoms with Crippen molar-refractivity contribution in [1.82, 2.24) is 0 Å². The van der Waals surface area contributed by atoms with Gasteiger partial charge in [-0.2, -0.15) is 0 Å². The second-order valence-corrected chi connectivity index (χ2v) is 13.8. The highest BCUT2D eigenvalue weighted by Crippen LogP contribution is 2.65. The number of nitrogen functional groups attached to an aromatic ring is 2. The van der Waals surface area contributed by atoms with Gasteiger partial charge in [0.2, 0.25) is 0 Å². The second kappa shape index (κ2) is 10.1. The molecule has 0 saturated heterocycles. The van der Waals surface area contributed by atoms with Gasteiger partial charge >= 0.3 is 0 Å². The first-order valence-electron chi connectivity index (χ1n) is 15.0. The van der Waals surface area contributed by atoms with E-state index in [1.165, 1.54) is 36.8 Å². The molecule has 1 aromatic carbocycles. The molecule has 9 unspecified atom stereocenters. The number of aliphatic hydroxyl groups is 1. The molecule has 0 heterocycles. The number of hydrogen-bond acceptors (Lipinski definition) is 4. The SMILES string of the molecule is CC(C)=CCCC(N)C1CCC2C3CC=C4C(CCC(O)C4(C)Cc4ccc(N)cc4N)C3CCC12C. The molecule has 0 aromatic heterocycles. The number of hydrogen-bond donors (Lipinski definition) is 4. The van der Waals surface area contributed by atoms with Gasteiger partial charge in [0, 0.05) is 22.8 Å². The van der Waals surface area contributed by atoms with Crippen molar-refractivity contribution in [3.8, 4) is 0 Å². The Balaban J connectivity index is 1.37. The van der Waals surface area contributed by atoms with E-state index in [4.69, 9.17) is 17.2 Å². The highest BCUT2D eigenvalue weighted by molar-refractivity contribution is 5.57. The minimum Gasteiger partial charge on any atom is -0.399 e. The lowest BCUT2D eigenvalue weighted by atomic mass is 9.48. The zero-order valence-corrected chi connectivity index (χ0v) is 23.7. The Kier molecular flexibility index (Phi) is 7.30. The van der Waals surface area contributed by atoms with Crippen LogP contribution in [-0.4, -0.2) is 17.3 Å². The Morgan fingerprint density at radius 1 is 1.08 bits per heavy atom. The smallest absolute Gasteiger partial charge is 0.0634 e. The lowest BCUT2D eigenvalue weighted by Crippen LogP contribution is -2.52. The number of rotatable bonds is 6. The van der Waals surface area contributed by atoms with Gasteiger partial charge in [-0.25, -0.2) is 0 Å². The van der Waals surface area contributed by atoms with Crippen LogP contribution in [-0.2, 0) is 6.42 Å². The molecule has 0 radical (unpaired) electrons. The molecule has 0 bridgehead atoms. The maximum absolute atomic E-state index is 11.3. The Labute approximate surface area is 225 Å². The van der Waals surface area contributed by atoms with Crippen molar-refractivity contribution >= 4 is 11.4 Å². The van der Waals surface area contributed by atoms with E-state index in [-0.39, 0.29) is 11.5 Å². The van der Waals surface area contributed by atoms with Crippen molar-refractivity contribution in [2.24, 2.45) is 46.2 Å². The lowest BCUT2D eigenvalue weighted by molar-refractivity contribution is -0.0453.